The smallest absolute Gasteiger partial charge is 0.308 e. The number of carbonyl (C=O) groups is 2. The van der Waals surface area contributed by atoms with Gasteiger partial charge in [-0.05, 0) is 48.1 Å². The Morgan fingerprint density at radius 3 is 2.25 bits per heavy atom. The number of carbonyl (C=O) groups excluding carboxylic acids is 2. The number of para-hydroxylation sites is 1. The van der Waals surface area contributed by atoms with Crippen molar-refractivity contribution < 1.29 is 19.3 Å². The Morgan fingerprint density at radius 2 is 1.71 bits per heavy atom. The molecule has 1 unspecified atom stereocenters. The Bertz CT molecular complexity index is 735. The standard InChI is InChI=1S/C17H16FN3O3/c18-21(24)17(23)12-6-8-14(9-7-12)20(13-4-2-1-3-5-13)15-10-11-19-16(15)22/h1-9,15,24H,10-11H2,(H,19,22). The lowest BCUT2D eigenvalue weighted by atomic mass is 10.1. The third-order valence-corrected chi connectivity index (χ3v) is 3.93. The van der Waals surface area contributed by atoms with Gasteiger partial charge in [0.15, 0.2) is 0 Å². The van der Waals surface area contributed by atoms with E-state index in [4.69, 9.17) is 5.21 Å². The average molecular weight is 329 g/mol. The molecule has 2 N–H and O–H groups in total. The fraction of sp³-hybridized carbons (Fsp3) is 0.176. The van der Waals surface area contributed by atoms with Crippen molar-refractivity contribution in [1.29, 1.82) is 0 Å². The molecule has 0 aromatic heterocycles. The van der Waals surface area contributed by atoms with Crippen molar-refractivity contribution in [2.45, 2.75) is 12.5 Å². The second-order valence-corrected chi connectivity index (χ2v) is 5.41. The van der Waals surface area contributed by atoms with Crippen molar-refractivity contribution in [2.75, 3.05) is 11.4 Å². The van der Waals surface area contributed by atoms with E-state index in [0.29, 0.717) is 18.7 Å². The molecule has 1 saturated heterocycles. The van der Waals surface area contributed by atoms with Gasteiger partial charge in [-0.3, -0.25) is 14.8 Å². The van der Waals surface area contributed by atoms with Crippen molar-refractivity contribution >= 4 is 23.2 Å². The van der Waals surface area contributed by atoms with Gasteiger partial charge < -0.3 is 10.2 Å². The number of halogens is 1. The first-order chi connectivity index (χ1) is 11.6. The minimum atomic E-state index is -1.15. The van der Waals surface area contributed by atoms with Crippen LogP contribution in [0, 0.1) is 0 Å². The van der Waals surface area contributed by atoms with Crippen molar-refractivity contribution in [2.24, 2.45) is 0 Å². The van der Waals surface area contributed by atoms with E-state index in [0.717, 1.165) is 5.69 Å². The number of hydroxylamine groups is 1. The molecular formula is C17H16FN3O3. The van der Waals surface area contributed by atoms with Crippen LogP contribution < -0.4 is 10.2 Å². The molecule has 2 aromatic rings. The van der Waals surface area contributed by atoms with E-state index in [9.17, 15) is 14.1 Å². The lowest BCUT2D eigenvalue weighted by Gasteiger charge is -2.29. The predicted octanol–water partition coefficient (Wildman–Crippen LogP) is 2.43. The van der Waals surface area contributed by atoms with Crippen LogP contribution in [0.25, 0.3) is 0 Å². The molecule has 7 heteroatoms. The van der Waals surface area contributed by atoms with Crippen molar-refractivity contribution in [1.82, 2.24) is 10.6 Å². The lowest BCUT2D eigenvalue weighted by Crippen LogP contribution is -2.37. The maximum Gasteiger partial charge on any atom is 0.308 e. The summed E-state index contributed by atoms with van der Waals surface area (Å²) in [5.74, 6) is -1.21. The van der Waals surface area contributed by atoms with Crippen molar-refractivity contribution in [3.63, 3.8) is 0 Å². The average Bonchev–Trinajstić information content (AvgIpc) is 3.02. The van der Waals surface area contributed by atoms with Gasteiger partial charge in [-0.1, -0.05) is 22.7 Å². The van der Waals surface area contributed by atoms with Crippen LogP contribution in [0.2, 0.25) is 0 Å². The third-order valence-electron chi connectivity index (χ3n) is 3.93. The van der Waals surface area contributed by atoms with Crippen LogP contribution in [0.5, 0.6) is 0 Å². The van der Waals surface area contributed by atoms with E-state index < -0.39 is 11.2 Å². The Labute approximate surface area is 138 Å². The van der Waals surface area contributed by atoms with Crippen LogP contribution in [-0.4, -0.2) is 34.9 Å². The predicted molar refractivity (Wildman–Crippen MR) is 85.5 cm³/mol. The summed E-state index contributed by atoms with van der Waals surface area (Å²) in [6.45, 7) is 0.602. The highest BCUT2D eigenvalue weighted by Gasteiger charge is 2.31. The lowest BCUT2D eigenvalue weighted by molar-refractivity contribution is -0.189. The normalized spacial score (nSPS) is 16.6. The molecule has 1 atom stereocenters. The molecule has 1 aliphatic rings. The minimum Gasteiger partial charge on any atom is -0.354 e. The van der Waals surface area contributed by atoms with Gasteiger partial charge in [0.25, 0.3) is 0 Å². The van der Waals surface area contributed by atoms with E-state index in [2.05, 4.69) is 5.32 Å². The molecule has 1 aliphatic heterocycles. The van der Waals surface area contributed by atoms with Crippen LogP contribution in [0.15, 0.2) is 54.6 Å². The second-order valence-electron chi connectivity index (χ2n) is 5.41. The zero-order valence-electron chi connectivity index (χ0n) is 12.7. The van der Waals surface area contributed by atoms with Gasteiger partial charge in [-0.25, -0.2) is 0 Å². The number of anilines is 2. The fourth-order valence-corrected chi connectivity index (χ4v) is 2.80. The van der Waals surface area contributed by atoms with E-state index in [1.807, 2.05) is 35.2 Å². The molecule has 1 heterocycles. The molecule has 0 saturated carbocycles. The maximum atomic E-state index is 12.6. The van der Waals surface area contributed by atoms with Gasteiger partial charge in [0, 0.05) is 23.5 Å². The van der Waals surface area contributed by atoms with Crippen LogP contribution >= 0.6 is 0 Å². The highest BCUT2D eigenvalue weighted by atomic mass is 19.2. The van der Waals surface area contributed by atoms with Gasteiger partial charge >= 0.3 is 5.91 Å². The molecule has 0 radical (unpaired) electrons. The molecule has 0 aliphatic carbocycles. The Morgan fingerprint density at radius 1 is 1.08 bits per heavy atom. The summed E-state index contributed by atoms with van der Waals surface area (Å²) in [6, 6.07) is 15.1. The molecule has 0 spiro atoms. The van der Waals surface area contributed by atoms with Crippen LogP contribution in [-0.2, 0) is 4.79 Å². The maximum absolute atomic E-state index is 12.6. The monoisotopic (exact) mass is 329 g/mol. The zero-order valence-corrected chi connectivity index (χ0v) is 12.7. The van der Waals surface area contributed by atoms with E-state index in [1.165, 1.54) is 12.1 Å². The van der Waals surface area contributed by atoms with E-state index >= 15 is 0 Å². The summed E-state index contributed by atoms with van der Waals surface area (Å²) in [5.41, 5.74) is 1.55. The second kappa shape index (κ2) is 6.67. The first-order valence-corrected chi connectivity index (χ1v) is 7.49. The number of amides is 2. The topological polar surface area (TPSA) is 72.9 Å². The van der Waals surface area contributed by atoms with Crippen LogP contribution in [0.4, 0.5) is 15.9 Å². The molecule has 6 nitrogen and oxygen atoms in total. The molecule has 2 amide bonds. The van der Waals surface area contributed by atoms with Crippen LogP contribution in [0.3, 0.4) is 0 Å². The summed E-state index contributed by atoms with van der Waals surface area (Å²) < 4.78 is 12.6. The molecule has 1 fully saturated rings. The van der Waals surface area contributed by atoms with Gasteiger partial charge in [0.2, 0.25) is 5.91 Å². The number of benzene rings is 2. The Balaban J connectivity index is 1.97. The summed E-state index contributed by atoms with van der Waals surface area (Å²) in [5, 5.41) is 10.5. The largest absolute Gasteiger partial charge is 0.354 e. The Kier molecular flexibility index (Phi) is 4.43. The van der Waals surface area contributed by atoms with Crippen molar-refractivity contribution in [3.8, 4) is 0 Å². The molecular weight excluding hydrogens is 313 g/mol. The molecule has 0 bridgehead atoms. The Hall–Kier alpha value is -2.93. The first kappa shape index (κ1) is 15.9. The summed E-state index contributed by atoms with van der Waals surface area (Å²) >= 11 is 0. The highest BCUT2D eigenvalue weighted by molar-refractivity contribution is 5.94. The minimum absolute atomic E-state index is 0.00707. The molecule has 3 rings (SSSR count). The zero-order chi connectivity index (χ0) is 17.1. The highest BCUT2D eigenvalue weighted by Crippen LogP contribution is 2.30. The van der Waals surface area contributed by atoms with Crippen molar-refractivity contribution in [3.05, 3.63) is 60.2 Å². The molecule has 24 heavy (non-hydrogen) atoms. The SMILES string of the molecule is O=C1NCCC1N(c1ccccc1)c1ccc(C(=O)N(O)F)cc1. The van der Waals surface area contributed by atoms with E-state index in [1.54, 1.807) is 12.1 Å². The molecule has 124 valence electrons. The summed E-state index contributed by atoms with van der Waals surface area (Å²) in [6.07, 6.45) is 0.656. The number of nitrogens with zero attached hydrogens (tertiary/aromatic N) is 2. The number of rotatable bonds is 4. The van der Waals surface area contributed by atoms with Gasteiger partial charge in [-0.15, -0.1) is 0 Å². The fourth-order valence-electron chi connectivity index (χ4n) is 2.80. The molecule has 2 aromatic carbocycles. The quantitative estimate of drug-likeness (QED) is 0.513. The van der Waals surface area contributed by atoms with Gasteiger partial charge in [0.1, 0.15) is 6.04 Å². The third kappa shape index (κ3) is 3.07. The number of nitrogens with one attached hydrogen (secondary N) is 1. The number of hydrogen-bond acceptors (Lipinski definition) is 4. The first-order valence-electron chi connectivity index (χ1n) is 7.49. The van der Waals surface area contributed by atoms with Gasteiger partial charge in [-0.2, -0.15) is 0 Å². The van der Waals surface area contributed by atoms with E-state index in [-0.39, 0.29) is 17.5 Å². The number of hydrogen-bond donors (Lipinski definition) is 2. The van der Waals surface area contributed by atoms with Gasteiger partial charge in [0.05, 0.1) is 0 Å². The summed E-state index contributed by atoms with van der Waals surface area (Å²) in [4.78, 5) is 25.4. The summed E-state index contributed by atoms with van der Waals surface area (Å²) in [7, 11) is 0. The van der Waals surface area contributed by atoms with Crippen LogP contribution in [0.1, 0.15) is 16.8 Å².